The van der Waals surface area contributed by atoms with Crippen LogP contribution in [0.2, 0.25) is 5.02 Å². The standard InChI is InChI=1S/C12H15ClN2O4/c1-3-6-14-12(16)8(2)19-11-5-4-9(15(17)18)7-10(11)13/h4-5,7-8H,3,6H2,1-2H3,(H,14,16). The summed E-state index contributed by atoms with van der Waals surface area (Å²) in [5.41, 5.74) is -0.125. The van der Waals surface area contributed by atoms with E-state index in [0.717, 1.165) is 6.42 Å². The molecule has 0 radical (unpaired) electrons. The molecule has 0 spiro atoms. The summed E-state index contributed by atoms with van der Waals surface area (Å²) in [6.07, 6.45) is 0.113. The van der Waals surface area contributed by atoms with Gasteiger partial charge in [0.25, 0.3) is 11.6 Å². The minimum atomic E-state index is -0.717. The van der Waals surface area contributed by atoms with E-state index < -0.39 is 11.0 Å². The van der Waals surface area contributed by atoms with Gasteiger partial charge in [0, 0.05) is 18.7 Å². The van der Waals surface area contributed by atoms with Crippen molar-refractivity contribution in [2.24, 2.45) is 0 Å². The Hall–Kier alpha value is -1.82. The molecule has 0 saturated carbocycles. The van der Waals surface area contributed by atoms with Crippen LogP contribution >= 0.6 is 11.6 Å². The van der Waals surface area contributed by atoms with Crippen molar-refractivity contribution in [1.29, 1.82) is 0 Å². The Morgan fingerprint density at radius 3 is 2.79 bits per heavy atom. The molecule has 1 N–H and O–H groups in total. The lowest BCUT2D eigenvalue weighted by atomic mass is 10.3. The lowest BCUT2D eigenvalue weighted by Gasteiger charge is -2.15. The predicted molar refractivity (Wildman–Crippen MR) is 71.5 cm³/mol. The highest BCUT2D eigenvalue weighted by Gasteiger charge is 2.17. The average molecular weight is 287 g/mol. The van der Waals surface area contributed by atoms with Crippen molar-refractivity contribution in [2.45, 2.75) is 26.4 Å². The van der Waals surface area contributed by atoms with Crippen LogP contribution in [0.5, 0.6) is 5.75 Å². The van der Waals surface area contributed by atoms with Crippen molar-refractivity contribution >= 4 is 23.2 Å². The maximum absolute atomic E-state index is 11.6. The first-order valence-electron chi connectivity index (χ1n) is 5.84. The van der Waals surface area contributed by atoms with Gasteiger partial charge in [-0.25, -0.2) is 0 Å². The number of nitro groups is 1. The van der Waals surface area contributed by atoms with Crippen LogP contribution < -0.4 is 10.1 Å². The third kappa shape index (κ3) is 4.40. The van der Waals surface area contributed by atoms with E-state index >= 15 is 0 Å². The summed E-state index contributed by atoms with van der Waals surface area (Å²) in [7, 11) is 0. The van der Waals surface area contributed by atoms with E-state index in [1.807, 2.05) is 6.92 Å². The molecule has 104 valence electrons. The number of amides is 1. The molecule has 1 amide bonds. The number of nitrogens with zero attached hydrogens (tertiary/aromatic N) is 1. The number of non-ortho nitro benzene ring substituents is 1. The lowest BCUT2D eigenvalue weighted by Crippen LogP contribution is -2.36. The fourth-order valence-corrected chi connectivity index (χ4v) is 1.55. The second kappa shape index (κ2) is 6.94. The largest absolute Gasteiger partial charge is 0.479 e. The van der Waals surface area contributed by atoms with Gasteiger partial charge in [-0.3, -0.25) is 14.9 Å². The molecule has 0 heterocycles. The van der Waals surface area contributed by atoms with Gasteiger partial charge in [-0.05, 0) is 19.4 Å². The maximum atomic E-state index is 11.6. The summed E-state index contributed by atoms with van der Waals surface area (Å²) in [6, 6.07) is 3.84. The Balaban J connectivity index is 2.71. The highest BCUT2D eigenvalue weighted by molar-refractivity contribution is 6.32. The van der Waals surface area contributed by atoms with Crippen molar-refractivity contribution in [2.75, 3.05) is 6.54 Å². The molecule has 1 unspecified atom stereocenters. The summed E-state index contributed by atoms with van der Waals surface area (Å²) in [5, 5.41) is 13.3. The first kappa shape index (κ1) is 15.2. The summed E-state index contributed by atoms with van der Waals surface area (Å²) in [6.45, 7) is 4.10. The zero-order valence-corrected chi connectivity index (χ0v) is 11.4. The van der Waals surface area contributed by atoms with Crippen LogP contribution in [0.15, 0.2) is 18.2 Å². The maximum Gasteiger partial charge on any atom is 0.271 e. The van der Waals surface area contributed by atoms with E-state index in [1.54, 1.807) is 6.92 Å². The number of ether oxygens (including phenoxy) is 1. The number of nitro benzene ring substituents is 1. The third-order valence-corrected chi connectivity index (χ3v) is 2.64. The molecule has 1 atom stereocenters. The van der Waals surface area contributed by atoms with E-state index in [2.05, 4.69) is 5.32 Å². The van der Waals surface area contributed by atoms with E-state index in [9.17, 15) is 14.9 Å². The van der Waals surface area contributed by atoms with Crippen LogP contribution in [-0.4, -0.2) is 23.5 Å². The topological polar surface area (TPSA) is 81.5 Å². The average Bonchev–Trinajstić information content (AvgIpc) is 2.37. The molecule has 0 aromatic heterocycles. The molecular weight excluding hydrogens is 272 g/mol. The van der Waals surface area contributed by atoms with Gasteiger partial charge in [0.05, 0.1) is 9.95 Å². The summed E-state index contributed by atoms with van der Waals surface area (Å²) in [4.78, 5) is 21.6. The van der Waals surface area contributed by atoms with E-state index in [0.29, 0.717) is 6.54 Å². The van der Waals surface area contributed by atoms with Crippen LogP contribution in [0.4, 0.5) is 5.69 Å². The van der Waals surface area contributed by atoms with Crippen LogP contribution in [0.1, 0.15) is 20.3 Å². The Morgan fingerprint density at radius 1 is 1.58 bits per heavy atom. The minimum Gasteiger partial charge on any atom is -0.479 e. The Labute approximate surface area is 115 Å². The Kier molecular flexibility index (Phi) is 5.57. The van der Waals surface area contributed by atoms with Crippen molar-refractivity contribution < 1.29 is 14.5 Å². The summed E-state index contributed by atoms with van der Waals surface area (Å²) < 4.78 is 5.37. The number of carbonyl (C=O) groups excluding carboxylic acids is 1. The molecular formula is C12H15ClN2O4. The highest BCUT2D eigenvalue weighted by atomic mass is 35.5. The molecule has 0 aliphatic carbocycles. The van der Waals surface area contributed by atoms with Gasteiger partial charge in [-0.15, -0.1) is 0 Å². The molecule has 0 aliphatic rings. The number of carbonyl (C=O) groups is 1. The quantitative estimate of drug-likeness (QED) is 0.643. The Bertz CT molecular complexity index is 479. The SMILES string of the molecule is CCCNC(=O)C(C)Oc1ccc([N+](=O)[O-])cc1Cl. The van der Waals surface area contributed by atoms with Gasteiger partial charge < -0.3 is 10.1 Å². The van der Waals surface area contributed by atoms with E-state index in [-0.39, 0.29) is 22.4 Å². The normalized spacial score (nSPS) is 11.7. The lowest BCUT2D eigenvalue weighted by molar-refractivity contribution is -0.384. The second-order valence-electron chi connectivity index (χ2n) is 3.92. The molecule has 19 heavy (non-hydrogen) atoms. The fourth-order valence-electron chi connectivity index (χ4n) is 1.33. The monoisotopic (exact) mass is 286 g/mol. The van der Waals surface area contributed by atoms with Crippen LogP contribution in [0.25, 0.3) is 0 Å². The van der Waals surface area contributed by atoms with Crippen molar-refractivity contribution in [3.8, 4) is 5.75 Å². The van der Waals surface area contributed by atoms with Crippen LogP contribution in [0.3, 0.4) is 0 Å². The molecule has 1 aromatic rings. The molecule has 0 fully saturated rings. The van der Waals surface area contributed by atoms with Gasteiger partial charge in [0.15, 0.2) is 6.10 Å². The molecule has 6 nitrogen and oxygen atoms in total. The van der Waals surface area contributed by atoms with Crippen molar-refractivity contribution in [3.05, 3.63) is 33.3 Å². The van der Waals surface area contributed by atoms with Gasteiger partial charge in [0.1, 0.15) is 5.75 Å². The Morgan fingerprint density at radius 2 is 2.26 bits per heavy atom. The number of hydrogen-bond acceptors (Lipinski definition) is 4. The summed E-state index contributed by atoms with van der Waals surface area (Å²) >= 11 is 5.87. The third-order valence-electron chi connectivity index (χ3n) is 2.35. The van der Waals surface area contributed by atoms with Crippen LogP contribution in [-0.2, 0) is 4.79 Å². The zero-order valence-electron chi connectivity index (χ0n) is 10.7. The number of nitrogens with one attached hydrogen (secondary N) is 1. The molecule has 0 aliphatic heterocycles. The van der Waals surface area contributed by atoms with Crippen LogP contribution in [0, 0.1) is 10.1 Å². The first-order valence-corrected chi connectivity index (χ1v) is 6.21. The first-order chi connectivity index (χ1) is 8.95. The minimum absolute atomic E-state index is 0.101. The number of halogens is 1. The van der Waals surface area contributed by atoms with Gasteiger partial charge in [-0.2, -0.15) is 0 Å². The predicted octanol–water partition coefficient (Wildman–Crippen LogP) is 2.54. The van der Waals surface area contributed by atoms with Gasteiger partial charge >= 0.3 is 0 Å². The van der Waals surface area contributed by atoms with E-state index in [1.165, 1.54) is 18.2 Å². The molecule has 1 rings (SSSR count). The second-order valence-corrected chi connectivity index (χ2v) is 4.33. The van der Waals surface area contributed by atoms with Crippen molar-refractivity contribution in [1.82, 2.24) is 5.32 Å². The number of hydrogen-bond donors (Lipinski definition) is 1. The zero-order chi connectivity index (χ0) is 14.4. The van der Waals surface area contributed by atoms with Gasteiger partial charge in [0.2, 0.25) is 0 Å². The molecule has 0 bridgehead atoms. The number of rotatable bonds is 6. The highest BCUT2D eigenvalue weighted by Crippen LogP contribution is 2.29. The molecule has 1 aromatic carbocycles. The molecule has 0 saturated heterocycles. The smallest absolute Gasteiger partial charge is 0.271 e. The van der Waals surface area contributed by atoms with Gasteiger partial charge in [-0.1, -0.05) is 18.5 Å². The number of benzene rings is 1. The van der Waals surface area contributed by atoms with E-state index in [4.69, 9.17) is 16.3 Å². The summed E-state index contributed by atoms with van der Waals surface area (Å²) in [5.74, 6) is -0.0114. The fraction of sp³-hybridized carbons (Fsp3) is 0.417. The van der Waals surface area contributed by atoms with Crippen molar-refractivity contribution in [3.63, 3.8) is 0 Å². The molecule has 7 heteroatoms.